The van der Waals surface area contributed by atoms with E-state index in [0.29, 0.717) is 0 Å². The van der Waals surface area contributed by atoms with Crippen LogP contribution in [-0.4, -0.2) is 57.0 Å². The third-order valence-corrected chi connectivity index (χ3v) is 3.61. The molecular formula is C15H17BN4O4. The van der Waals surface area contributed by atoms with Crippen molar-refractivity contribution in [1.82, 2.24) is 9.82 Å². The lowest BCUT2D eigenvalue weighted by atomic mass is 10.1. The summed E-state index contributed by atoms with van der Waals surface area (Å²) >= 11 is 0. The molecule has 0 aromatic heterocycles. The summed E-state index contributed by atoms with van der Waals surface area (Å²) in [5, 5.41) is 14.3. The number of aromatic hydroxyl groups is 1. The molecule has 0 aliphatic heterocycles. The number of hydrogen-bond acceptors (Lipinski definition) is 7. The number of phenols is 1. The van der Waals surface area contributed by atoms with E-state index in [1.165, 1.54) is 36.1 Å². The number of rotatable bonds is 5. The molecule has 0 fully saturated rings. The Balaban J connectivity index is 2.43. The second-order valence-electron chi connectivity index (χ2n) is 5.51. The van der Waals surface area contributed by atoms with Crippen LogP contribution in [0.3, 0.4) is 0 Å². The van der Waals surface area contributed by atoms with Gasteiger partial charge in [-0.1, -0.05) is 6.07 Å². The highest BCUT2D eigenvalue weighted by molar-refractivity contribution is 6.05. The monoisotopic (exact) mass is 328 g/mol. The zero-order chi connectivity index (χ0) is 18.2. The first-order valence-corrected chi connectivity index (χ1v) is 7.02. The maximum absolute atomic E-state index is 12.0. The van der Waals surface area contributed by atoms with Gasteiger partial charge in [0, 0.05) is 21.1 Å². The maximum Gasteiger partial charge on any atom is 0.257 e. The number of amides is 1. The molecule has 8 nitrogen and oxygen atoms in total. The second-order valence-corrected chi connectivity index (χ2v) is 5.51. The highest BCUT2D eigenvalue weighted by Gasteiger charge is 2.26. The fourth-order valence-electron chi connectivity index (χ4n) is 2.15. The van der Waals surface area contributed by atoms with Crippen LogP contribution in [0.25, 0.3) is 0 Å². The van der Waals surface area contributed by atoms with Crippen LogP contribution in [0.4, 0.5) is 17.1 Å². The summed E-state index contributed by atoms with van der Waals surface area (Å²) in [4.78, 5) is 38.1. The van der Waals surface area contributed by atoms with Crippen LogP contribution in [-0.2, 0) is 0 Å². The van der Waals surface area contributed by atoms with Gasteiger partial charge >= 0.3 is 0 Å². The molecule has 9 heteroatoms. The molecule has 0 saturated heterocycles. The molecule has 0 unspecified atom stereocenters. The van der Waals surface area contributed by atoms with Crippen LogP contribution in [0, 0.1) is 0 Å². The Morgan fingerprint density at radius 3 is 2.29 bits per heavy atom. The van der Waals surface area contributed by atoms with Gasteiger partial charge in [-0.3, -0.25) is 19.3 Å². The van der Waals surface area contributed by atoms with Gasteiger partial charge in [-0.2, -0.15) is 0 Å². The zero-order valence-corrected chi connectivity index (χ0v) is 13.8. The van der Waals surface area contributed by atoms with Gasteiger partial charge in [-0.25, -0.2) is 0 Å². The summed E-state index contributed by atoms with van der Waals surface area (Å²) in [5.74, 6) is -0.695. The SMILES string of the molecule is [B]N(C)N(C)c1c(Nc2cccc(C(=O)N(C)C)c2O)c(=O)c1=O. The van der Waals surface area contributed by atoms with E-state index >= 15 is 0 Å². The molecule has 0 spiro atoms. The van der Waals surface area contributed by atoms with Crippen molar-refractivity contribution in [2.75, 3.05) is 38.5 Å². The normalized spacial score (nSPS) is 10.9. The number of phenolic OH excluding ortho intramolecular Hbond substituents is 1. The zero-order valence-electron chi connectivity index (χ0n) is 13.8. The summed E-state index contributed by atoms with van der Waals surface area (Å²) in [5.41, 5.74) is -1.10. The van der Waals surface area contributed by atoms with Crippen molar-refractivity contribution < 1.29 is 9.90 Å². The van der Waals surface area contributed by atoms with Crippen LogP contribution in [0.15, 0.2) is 27.8 Å². The van der Waals surface area contributed by atoms with Gasteiger partial charge < -0.3 is 20.3 Å². The fraction of sp³-hybridized carbons (Fsp3) is 0.267. The van der Waals surface area contributed by atoms with E-state index in [2.05, 4.69) is 5.32 Å². The number of nitrogens with zero attached hydrogens (tertiary/aromatic N) is 3. The quantitative estimate of drug-likeness (QED) is 0.340. The number of hydrogen-bond donors (Lipinski definition) is 2. The molecule has 1 amide bonds. The lowest BCUT2D eigenvalue weighted by molar-refractivity contribution is 0.0825. The molecule has 2 aromatic rings. The molecule has 0 heterocycles. The minimum atomic E-state index is -0.720. The largest absolute Gasteiger partial charge is 0.505 e. The molecule has 2 radical (unpaired) electrons. The van der Waals surface area contributed by atoms with Crippen LogP contribution < -0.4 is 21.2 Å². The number of hydrazine groups is 1. The lowest BCUT2D eigenvalue weighted by Gasteiger charge is -2.29. The first-order chi connectivity index (χ1) is 11.2. The van der Waals surface area contributed by atoms with Gasteiger partial charge in [0.15, 0.2) is 5.75 Å². The van der Waals surface area contributed by atoms with Crippen molar-refractivity contribution in [2.24, 2.45) is 0 Å². The molecule has 0 bridgehead atoms. The Kier molecular flexibility index (Phi) is 4.65. The van der Waals surface area contributed by atoms with E-state index in [1.54, 1.807) is 20.2 Å². The first kappa shape index (κ1) is 17.5. The number of carbonyl (C=O) groups excluding carboxylic acids is 1. The van der Waals surface area contributed by atoms with Gasteiger partial charge in [0.25, 0.3) is 16.8 Å². The highest BCUT2D eigenvalue weighted by Crippen LogP contribution is 2.32. The predicted octanol–water partition coefficient (Wildman–Crippen LogP) is -0.200. The highest BCUT2D eigenvalue weighted by atomic mass is 16.3. The number of anilines is 3. The molecule has 0 aliphatic rings. The molecule has 0 saturated carbocycles. The van der Waals surface area contributed by atoms with E-state index in [4.69, 9.17) is 7.98 Å². The number of para-hydroxylation sites is 1. The Morgan fingerprint density at radius 2 is 1.75 bits per heavy atom. The standard InChI is InChI=1S/C15H17BN4O4/c1-18(2)15(24)8-6-5-7-9(12(8)21)17-10-11(14(23)13(10)22)19(3)20(4)16/h5-7,17,21H,1-4H3. The van der Waals surface area contributed by atoms with Gasteiger partial charge in [0.1, 0.15) is 11.4 Å². The van der Waals surface area contributed by atoms with Gasteiger partial charge in [-0.05, 0) is 19.2 Å². The predicted molar refractivity (Wildman–Crippen MR) is 92.7 cm³/mol. The minimum absolute atomic E-state index is 0.00421. The number of benzene rings is 1. The summed E-state index contributed by atoms with van der Waals surface area (Å²) in [6.45, 7) is 0. The van der Waals surface area contributed by atoms with Crippen LogP contribution in [0.1, 0.15) is 10.4 Å². The first-order valence-electron chi connectivity index (χ1n) is 7.02. The summed E-state index contributed by atoms with van der Waals surface area (Å²) in [6, 6.07) is 4.52. The van der Waals surface area contributed by atoms with Gasteiger partial charge in [0.05, 0.1) is 11.3 Å². The summed E-state index contributed by atoms with van der Waals surface area (Å²) in [7, 11) is 11.7. The van der Waals surface area contributed by atoms with Crippen LogP contribution in [0.2, 0.25) is 0 Å². The average Bonchev–Trinajstić information content (AvgIpc) is 2.54. The van der Waals surface area contributed by atoms with Crippen molar-refractivity contribution in [2.45, 2.75) is 0 Å². The Labute approximate surface area is 140 Å². The van der Waals surface area contributed by atoms with Crippen LogP contribution in [0.5, 0.6) is 5.75 Å². The third kappa shape index (κ3) is 2.85. The molecular weight excluding hydrogens is 311 g/mol. The Bertz CT molecular complexity index is 856. The summed E-state index contributed by atoms with van der Waals surface area (Å²) < 4.78 is 0. The van der Waals surface area contributed by atoms with Crippen molar-refractivity contribution in [3.05, 3.63) is 44.2 Å². The maximum atomic E-state index is 12.0. The third-order valence-electron chi connectivity index (χ3n) is 3.61. The number of carbonyl (C=O) groups is 1. The van der Waals surface area contributed by atoms with Crippen LogP contribution >= 0.6 is 0 Å². The smallest absolute Gasteiger partial charge is 0.257 e. The lowest BCUT2D eigenvalue weighted by Crippen LogP contribution is -2.46. The molecule has 0 atom stereocenters. The second kappa shape index (κ2) is 6.36. The van der Waals surface area contributed by atoms with E-state index < -0.39 is 10.9 Å². The Hall–Kier alpha value is -2.81. The Morgan fingerprint density at radius 1 is 1.12 bits per heavy atom. The molecule has 2 aromatic carbocycles. The molecule has 24 heavy (non-hydrogen) atoms. The molecule has 2 N–H and O–H groups in total. The van der Waals surface area contributed by atoms with Gasteiger partial charge in [0.2, 0.25) is 7.98 Å². The minimum Gasteiger partial charge on any atom is -0.505 e. The van der Waals surface area contributed by atoms with Crippen molar-refractivity contribution in [3.63, 3.8) is 0 Å². The fourth-order valence-corrected chi connectivity index (χ4v) is 2.15. The average molecular weight is 328 g/mol. The van der Waals surface area contributed by atoms with Crippen molar-refractivity contribution in [1.29, 1.82) is 0 Å². The molecule has 0 aliphatic carbocycles. The van der Waals surface area contributed by atoms with Gasteiger partial charge in [-0.15, -0.1) is 0 Å². The van der Waals surface area contributed by atoms with E-state index in [9.17, 15) is 19.5 Å². The topological polar surface area (TPSA) is 93.2 Å². The molecule has 124 valence electrons. The van der Waals surface area contributed by atoms with E-state index in [-0.39, 0.29) is 34.3 Å². The van der Waals surface area contributed by atoms with E-state index in [1.807, 2.05) is 0 Å². The summed E-state index contributed by atoms with van der Waals surface area (Å²) in [6.07, 6.45) is 0. The van der Waals surface area contributed by atoms with Crippen molar-refractivity contribution in [3.8, 4) is 5.75 Å². The molecule has 2 rings (SSSR count). The number of nitrogens with one attached hydrogen (secondary N) is 1. The van der Waals surface area contributed by atoms with Crippen molar-refractivity contribution >= 4 is 31.0 Å². The van der Waals surface area contributed by atoms with E-state index in [0.717, 1.165) is 4.92 Å².